The molecule has 1 heterocycles. The average molecular weight is 143 g/mol. The summed E-state index contributed by atoms with van der Waals surface area (Å²) in [7, 11) is 0. The predicted octanol–water partition coefficient (Wildman–Crippen LogP) is -1.81. The summed E-state index contributed by atoms with van der Waals surface area (Å²) in [5, 5.41) is 19.0. The maximum Gasteiger partial charge on any atom is 0.173 e. The number of ketones is 1. The zero-order valence-electron chi connectivity index (χ0n) is 5.24. The molecule has 56 valence electrons. The van der Waals surface area contributed by atoms with Gasteiger partial charge in [-0.25, -0.2) is 0 Å². The number of aliphatic hydroxyl groups is 1. The summed E-state index contributed by atoms with van der Waals surface area (Å²) < 4.78 is 4.73. The van der Waals surface area contributed by atoms with Crippen molar-refractivity contribution in [3.8, 4) is 0 Å². The number of carbonyl (C=O) groups excluding carboxylic acids is 1. The van der Waals surface area contributed by atoms with Crippen molar-refractivity contribution < 1.29 is 19.7 Å². The van der Waals surface area contributed by atoms with Crippen LogP contribution in [0.15, 0.2) is 11.8 Å². The second-order valence-electron chi connectivity index (χ2n) is 1.99. The molecule has 1 aliphatic heterocycles. The second kappa shape index (κ2) is 2.81. The maximum absolute atomic E-state index is 10.6. The maximum atomic E-state index is 10.6. The van der Waals surface area contributed by atoms with Crippen molar-refractivity contribution in [1.82, 2.24) is 0 Å². The Kier molecular flexibility index (Phi) is 2.03. The van der Waals surface area contributed by atoms with Crippen LogP contribution in [0, 0.1) is 0 Å². The molecule has 1 rings (SSSR count). The first-order valence-electron chi connectivity index (χ1n) is 2.88. The van der Waals surface area contributed by atoms with Gasteiger partial charge in [0.2, 0.25) is 0 Å². The van der Waals surface area contributed by atoms with Gasteiger partial charge in [0.05, 0.1) is 12.7 Å². The van der Waals surface area contributed by atoms with Gasteiger partial charge in [-0.15, -0.1) is 0 Å². The van der Waals surface area contributed by atoms with Gasteiger partial charge in [0, 0.05) is 0 Å². The Morgan fingerprint density at radius 3 is 3.10 bits per heavy atom. The lowest BCUT2D eigenvalue weighted by Crippen LogP contribution is -2.31. The Morgan fingerprint density at radius 2 is 2.60 bits per heavy atom. The summed E-state index contributed by atoms with van der Waals surface area (Å²) in [6.07, 6.45) is 0.497. The third-order valence-electron chi connectivity index (χ3n) is 1.22. The van der Waals surface area contributed by atoms with Crippen LogP contribution in [-0.4, -0.2) is 30.2 Å². The van der Waals surface area contributed by atoms with Gasteiger partial charge in [-0.3, -0.25) is 4.79 Å². The molecule has 10 heavy (non-hydrogen) atoms. The highest BCUT2D eigenvalue weighted by atomic mass is 16.5. The largest absolute Gasteiger partial charge is 0.870 e. The number of Topliss-reactive ketones (excluding diaryl/α,β-unsaturated/α-hetero) is 1. The topological polar surface area (TPSA) is 69.6 Å². The third-order valence-corrected chi connectivity index (χ3v) is 1.22. The number of rotatable bonds is 1. The zero-order valence-corrected chi connectivity index (χ0v) is 5.24. The van der Waals surface area contributed by atoms with Crippen LogP contribution in [0.25, 0.3) is 0 Å². The molecule has 0 unspecified atom stereocenters. The van der Waals surface area contributed by atoms with E-state index in [1.807, 2.05) is 0 Å². The first-order chi connectivity index (χ1) is 4.74. The van der Waals surface area contributed by atoms with Gasteiger partial charge in [-0.1, -0.05) is 11.8 Å². The molecule has 0 radical (unpaired) electrons. The van der Waals surface area contributed by atoms with Crippen molar-refractivity contribution in [2.75, 3.05) is 13.2 Å². The molecule has 0 aromatic heterocycles. The lowest BCUT2D eigenvalue weighted by molar-refractivity contribution is -0.302. The summed E-state index contributed by atoms with van der Waals surface area (Å²) >= 11 is 0. The first-order valence-corrected chi connectivity index (χ1v) is 2.88. The average Bonchev–Trinajstić information content (AvgIpc) is 1.95. The summed E-state index contributed by atoms with van der Waals surface area (Å²) in [4.78, 5) is 10.5. The van der Waals surface area contributed by atoms with Crippen LogP contribution in [0.2, 0.25) is 0 Å². The van der Waals surface area contributed by atoms with Crippen LogP contribution < -0.4 is 5.11 Å². The van der Waals surface area contributed by atoms with Crippen LogP contribution in [0.3, 0.4) is 0 Å². The Morgan fingerprint density at radius 1 is 1.90 bits per heavy atom. The Labute approximate surface area is 57.7 Å². The molecule has 1 atom stereocenters. The minimum Gasteiger partial charge on any atom is -0.870 e. The van der Waals surface area contributed by atoms with E-state index in [4.69, 9.17) is 9.84 Å². The van der Waals surface area contributed by atoms with Crippen molar-refractivity contribution in [2.45, 2.75) is 6.10 Å². The van der Waals surface area contributed by atoms with Crippen molar-refractivity contribution >= 4 is 5.78 Å². The van der Waals surface area contributed by atoms with Gasteiger partial charge in [-0.2, -0.15) is 0 Å². The van der Waals surface area contributed by atoms with Crippen molar-refractivity contribution in [3.63, 3.8) is 0 Å². The van der Waals surface area contributed by atoms with Crippen LogP contribution in [0.1, 0.15) is 0 Å². The molecule has 1 N–H and O–H groups in total. The van der Waals surface area contributed by atoms with Crippen LogP contribution in [0.4, 0.5) is 0 Å². The van der Waals surface area contributed by atoms with E-state index < -0.39 is 17.6 Å². The van der Waals surface area contributed by atoms with E-state index in [2.05, 4.69) is 0 Å². The van der Waals surface area contributed by atoms with Gasteiger partial charge < -0.3 is 14.9 Å². The SMILES string of the molecule is O=C1CO[C@H](CO)C=C1[O-]. The number of aliphatic hydroxyl groups excluding tert-OH is 1. The highest BCUT2D eigenvalue weighted by molar-refractivity contribution is 5.94. The molecule has 0 fully saturated rings. The van der Waals surface area contributed by atoms with E-state index >= 15 is 0 Å². The van der Waals surface area contributed by atoms with E-state index in [1.54, 1.807) is 0 Å². The number of carbonyl (C=O) groups is 1. The molecule has 4 nitrogen and oxygen atoms in total. The highest BCUT2D eigenvalue weighted by Gasteiger charge is 2.13. The minimum atomic E-state index is -0.592. The fraction of sp³-hybridized carbons (Fsp3) is 0.500. The lowest BCUT2D eigenvalue weighted by Gasteiger charge is -2.21. The standard InChI is InChI=1S/C6H8O4/c7-2-4-1-5(8)6(9)3-10-4/h1,4,7-8H,2-3H2/p-1/t4-/m0/s1. The Bertz CT molecular complexity index is 173. The quantitative estimate of drug-likeness (QED) is 0.469. The molecule has 4 heteroatoms. The summed E-state index contributed by atoms with van der Waals surface area (Å²) in [6.45, 7) is -0.459. The van der Waals surface area contributed by atoms with Crippen LogP contribution in [0.5, 0.6) is 0 Å². The number of hydrogen-bond acceptors (Lipinski definition) is 4. The van der Waals surface area contributed by atoms with E-state index in [-0.39, 0.29) is 13.2 Å². The molecular weight excluding hydrogens is 136 g/mol. The predicted molar refractivity (Wildman–Crippen MR) is 29.9 cm³/mol. The van der Waals surface area contributed by atoms with Gasteiger partial charge in [0.1, 0.15) is 6.61 Å². The molecule has 0 saturated carbocycles. The van der Waals surface area contributed by atoms with E-state index in [1.165, 1.54) is 0 Å². The molecular formula is C6H7O4-. The smallest absolute Gasteiger partial charge is 0.173 e. The highest BCUT2D eigenvalue weighted by Crippen LogP contribution is 2.03. The molecule has 1 aliphatic rings. The van der Waals surface area contributed by atoms with Crippen molar-refractivity contribution in [1.29, 1.82) is 0 Å². The fourth-order valence-electron chi connectivity index (χ4n) is 0.669. The monoisotopic (exact) mass is 143 g/mol. The molecule has 0 aromatic carbocycles. The third kappa shape index (κ3) is 1.34. The number of ether oxygens (including phenoxy) is 1. The van der Waals surface area contributed by atoms with Gasteiger partial charge >= 0.3 is 0 Å². The molecule has 0 aliphatic carbocycles. The van der Waals surface area contributed by atoms with Crippen molar-refractivity contribution in [2.24, 2.45) is 0 Å². The van der Waals surface area contributed by atoms with Crippen LogP contribution >= 0.6 is 0 Å². The first kappa shape index (κ1) is 7.24. The second-order valence-corrected chi connectivity index (χ2v) is 1.99. The Balaban J connectivity index is 2.65. The van der Waals surface area contributed by atoms with Gasteiger partial charge in [0.15, 0.2) is 5.78 Å². The normalized spacial score (nSPS) is 26.3. The molecule has 0 bridgehead atoms. The molecule has 0 saturated heterocycles. The molecule has 0 amide bonds. The summed E-state index contributed by atoms with van der Waals surface area (Å²) in [5.74, 6) is -1.12. The van der Waals surface area contributed by atoms with E-state index in [9.17, 15) is 9.90 Å². The van der Waals surface area contributed by atoms with E-state index in [0.717, 1.165) is 6.08 Å². The van der Waals surface area contributed by atoms with Crippen molar-refractivity contribution in [3.05, 3.63) is 11.8 Å². The Hall–Kier alpha value is -0.870. The molecule has 0 spiro atoms. The molecule has 0 aromatic rings. The lowest BCUT2D eigenvalue weighted by atomic mass is 10.2. The zero-order chi connectivity index (χ0) is 7.56. The minimum absolute atomic E-state index is 0.208. The number of hydrogen-bond donors (Lipinski definition) is 1. The van der Waals surface area contributed by atoms with Crippen LogP contribution in [-0.2, 0) is 9.53 Å². The van der Waals surface area contributed by atoms with Gasteiger partial charge in [0.25, 0.3) is 0 Å². The summed E-state index contributed by atoms with van der Waals surface area (Å²) in [6, 6.07) is 0. The summed E-state index contributed by atoms with van der Waals surface area (Å²) in [5.41, 5.74) is 0. The fourth-order valence-corrected chi connectivity index (χ4v) is 0.669. The van der Waals surface area contributed by atoms with Gasteiger partial charge in [-0.05, 0) is 0 Å². The van der Waals surface area contributed by atoms with E-state index in [0.29, 0.717) is 0 Å².